The molecule has 2 aromatic rings. The van der Waals surface area contributed by atoms with Crippen molar-refractivity contribution in [3.8, 4) is 0 Å². The zero-order chi connectivity index (χ0) is 13.8. The van der Waals surface area contributed by atoms with Crippen LogP contribution in [0.3, 0.4) is 0 Å². The second-order valence-electron chi connectivity index (χ2n) is 4.57. The van der Waals surface area contributed by atoms with Gasteiger partial charge >= 0.3 is 0 Å². The van der Waals surface area contributed by atoms with Gasteiger partial charge in [-0.2, -0.15) is 4.80 Å². The zero-order valence-corrected chi connectivity index (χ0v) is 13.0. The molecule has 102 valence electrons. The molecule has 2 rings (SSSR count). The lowest BCUT2D eigenvalue weighted by molar-refractivity contribution is 0.534. The van der Waals surface area contributed by atoms with E-state index < -0.39 is 0 Å². The van der Waals surface area contributed by atoms with E-state index in [9.17, 15) is 0 Å². The molecule has 1 heterocycles. The normalized spacial score (nSPS) is 12.6. The smallest absolute Gasteiger partial charge is 0.176 e. The molecule has 1 aromatic heterocycles. The number of aromatic nitrogens is 4. The Hall–Kier alpha value is -1.27. The standard InChI is InChI=1S/C13H18BrN5/c1-4-15-12(8-13-16-18-19(3)17-13)10-5-9(2)6-11(14)7-10/h5-7,12,15H,4,8H2,1-3H3. The van der Waals surface area contributed by atoms with Gasteiger partial charge < -0.3 is 5.32 Å². The molecule has 0 aliphatic heterocycles. The average molecular weight is 324 g/mol. The molecule has 0 fully saturated rings. The molecule has 0 spiro atoms. The van der Waals surface area contributed by atoms with Crippen molar-refractivity contribution in [1.29, 1.82) is 0 Å². The van der Waals surface area contributed by atoms with Gasteiger partial charge in [0, 0.05) is 16.9 Å². The third-order valence-corrected chi connectivity index (χ3v) is 3.31. The molecule has 0 saturated heterocycles. The number of benzene rings is 1. The number of hydrogen-bond acceptors (Lipinski definition) is 4. The van der Waals surface area contributed by atoms with Crippen molar-refractivity contribution in [1.82, 2.24) is 25.5 Å². The van der Waals surface area contributed by atoms with E-state index in [0.29, 0.717) is 0 Å². The second kappa shape index (κ2) is 6.25. The zero-order valence-electron chi connectivity index (χ0n) is 11.4. The summed E-state index contributed by atoms with van der Waals surface area (Å²) >= 11 is 3.55. The number of nitrogens with one attached hydrogen (secondary N) is 1. The quantitative estimate of drug-likeness (QED) is 0.916. The maximum Gasteiger partial charge on any atom is 0.176 e. The highest BCUT2D eigenvalue weighted by molar-refractivity contribution is 9.10. The van der Waals surface area contributed by atoms with E-state index in [1.54, 1.807) is 7.05 Å². The molecule has 0 aliphatic rings. The number of tetrazole rings is 1. The van der Waals surface area contributed by atoms with Crippen LogP contribution in [0.25, 0.3) is 0 Å². The van der Waals surface area contributed by atoms with E-state index in [0.717, 1.165) is 23.3 Å². The lowest BCUT2D eigenvalue weighted by Crippen LogP contribution is -2.23. The molecule has 1 aromatic carbocycles. The first-order valence-corrected chi connectivity index (χ1v) is 7.11. The van der Waals surface area contributed by atoms with Crippen LogP contribution in [0.4, 0.5) is 0 Å². The van der Waals surface area contributed by atoms with E-state index in [-0.39, 0.29) is 6.04 Å². The molecule has 1 unspecified atom stereocenters. The Morgan fingerprint density at radius 3 is 2.74 bits per heavy atom. The summed E-state index contributed by atoms with van der Waals surface area (Å²) in [6.07, 6.45) is 0.734. The Bertz CT molecular complexity index is 531. The highest BCUT2D eigenvalue weighted by Crippen LogP contribution is 2.22. The first kappa shape index (κ1) is 14.1. The van der Waals surface area contributed by atoms with Gasteiger partial charge in [0.05, 0.1) is 7.05 Å². The summed E-state index contributed by atoms with van der Waals surface area (Å²) in [5.74, 6) is 0.756. The van der Waals surface area contributed by atoms with Gasteiger partial charge in [-0.1, -0.05) is 28.9 Å². The average Bonchev–Trinajstić information content (AvgIpc) is 2.73. The predicted molar refractivity (Wildman–Crippen MR) is 77.8 cm³/mol. The van der Waals surface area contributed by atoms with Crippen LogP contribution in [-0.2, 0) is 13.5 Å². The maximum atomic E-state index is 4.25. The van der Waals surface area contributed by atoms with Gasteiger partial charge in [0.1, 0.15) is 0 Å². The monoisotopic (exact) mass is 323 g/mol. The third-order valence-electron chi connectivity index (χ3n) is 2.85. The van der Waals surface area contributed by atoms with Crippen LogP contribution >= 0.6 is 15.9 Å². The van der Waals surface area contributed by atoms with Gasteiger partial charge in [-0.05, 0) is 41.9 Å². The highest BCUT2D eigenvalue weighted by Gasteiger charge is 2.15. The number of rotatable bonds is 5. The maximum absolute atomic E-state index is 4.25. The number of halogens is 1. The number of nitrogens with zero attached hydrogens (tertiary/aromatic N) is 4. The predicted octanol–water partition coefficient (Wildman–Crippen LogP) is 2.17. The molecule has 1 atom stereocenters. The Morgan fingerprint density at radius 1 is 1.37 bits per heavy atom. The summed E-state index contributed by atoms with van der Waals surface area (Å²) in [7, 11) is 1.78. The van der Waals surface area contributed by atoms with Crippen molar-refractivity contribution in [2.24, 2.45) is 7.05 Å². The highest BCUT2D eigenvalue weighted by atomic mass is 79.9. The lowest BCUT2D eigenvalue weighted by atomic mass is 10.0. The Labute approximate surface area is 121 Å². The van der Waals surface area contributed by atoms with Crippen LogP contribution in [0, 0.1) is 6.92 Å². The molecular weight excluding hydrogens is 306 g/mol. The van der Waals surface area contributed by atoms with Crippen LogP contribution in [0.5, 0.6) is 0 Å². The van der Waals surface area contributed by atoms with Crippen molar-refractivity contribution in [2.45, 2.75) is 26.3 Å². The summed E-state index contributed by atoms with van der Waals surface area (Å²) < 4.78 is 1.09. The van der Waals surface area contributed by atoms with Gasteiger partial charge in [-0.3, -0.25) is 0 Å². The summed E-state index contributed by atoms with van der Waals surface area (Å²) in [6, 6.07) is 6.63. The Kier molecular flexibility index (Phi) is 4.66. The van der Waals surface area contributed by atoms with Gasteiger partial charge in [0.25, 0.3) is 0 Å². The number of likely N-dealkylation sites (N-methyl/N-ethyl adjacent to an activating group) is 1. The lowest BCUT2D eigenvalue weighted by Gasteiger charge is -2.17. The summed E-state index contributed by atoms with van der Waals surface area (Å²) in [5.41, 5.74) is 2.47. The Balaban J connectivity index is 2.23. The van der Waals surface area contributed by atoms with Crippen molar-refractivity contribution < 1.29 is 0 Å². The van der Waals surface area contributed by atoms with Crippen LogP contribution in [0.1, 0.15) is 29.9 Å². The van der Waals surface area contributed by atoms with Crippen molar-refractivity contribution in [3.63, 3.8) is 0 Å². The van der Waals surface area contributed by atoms with E-state index >= 15 is 0 Å². The molecule has 6 heteroatoms. The van der Waals surface area contributed by atoms with Gasteiger partial charge in [0.15, 0.2) is 5.82 Å². The minimum atomic E-state index is 0.199. The largest absolute Gasteiger partial charge is 0.310 e. The fourth-order valence-electron chi connectivity index (χ4n) is 2.11. The minimum absolute atomic E-state index is 0.199. The molecule has 0 aliphatic carbocycles. The molecule has 0 saturated carbocycles. The van der Waals surface area contributed by atoms with Crippen LogP contribution in [-0.4, -0.2) is 26.8 Å². The van der Waals surface area contributed by atoms with Gasteiger partial charge in [0.2, 0.25) is 0 Å². The molecule has 0 bridgehead atoms. The molecule has 0 radical (unpaired) electrons. The first-order chi connectivity index (χ1) is 9.08. The molecule has 5 nitrogen and oxygen atoms in total. The summed E-state index contributed by atoms with van der Waals surface area (Å²) in [6.45, 7) is 5.09. The molecular formula is C13H18BrN5. The van der Waals surface area contributed by atoms with E-state index in [1.165, 1.54) is 15.9 Å². The molecule has 1 N–H and O–H groups in total. The summed E-state index contributed by atoms with van der Waals surface area (Å²) in [5, 5.41) is 15.7. The van der Waals surface area contributed by atoms with Crippen LogP contribution < -0.4 is 5.32 Å². The fourth-order valence-corrected chi connectivity index (χ4v) is 2.73. The topological polar surface area (TPSA) is 55.6 Å². The third kappa shape index (κ3) is 3.84. The van der Waals surface area contributed by atoms with E-state index in [4.69, 9.17) is 0 Å². The fraction of sp³-hybridized carbons (Fsp3) is 0.462. The van der Waals surface area contributed by atoms with Gasteiger partial charge in [-0.15, -0.1) is 10.2 Å². The first-order valence-electron chi connectivity index (χ1n) is 6.32. The van der Waals surface area contributed by atoms with Gasteiger partial charge in [-0.25, -0.2) is 0 Å². The van der Waals surface area contributed by atoms with Crippen LogP contribution in [0.15, 0.2) is 22.7 Å². The van der Waals surface area contributed by atoms with Crippen molar-refractivity contribution in [2.75, 3.05) is 6.54 Å². The molecule has 19 heavy (non-hydrogen) atoms. The van der Waals surface area contributed by atoms with Crippen molar-refractivity contribution >= 4 is 15.9 Å². The van der Waals surface area contributed by atoms with E-state index in [2.05, 4.69) is 68.7 Å². The summed E-state index contributed by atoms with van der Waals surface area (Å²) in [4.78, 5) is 1.49. The van der Waals surface area contributed by atoms with Crippen LogP contribution in [0.2, 0.25) is 0 Å². The Morgan fingerprint density at radius 2 is 2.16 bits per heavy atom. The van der Waals surface area contributed by atoms with E-state index in [1.807, 2.05) is 0 Å². The molecule has 0 amide bonds. The second-order valence-corrected chi connectivity index (χ2v) is 5.49. The SMILES string of the molecule is CCNC(Cc1nnn(C)n1)c1cc(C)cc(Br)c1. The van der Waals surface area contributed by atoms with Crippen molar-refractivity contribution in [3.05, 3.63) is 39.6 Å². The minimum Gasteiger partial charge on any atom is -0.310 e. The number of aryl methyl sites for hydroxylation is 2. The number of hydrogen-bond donors (Lipinski definition) is 1.